The van der Waals surface area contributed by atoms with Crippen molar-refractivity contribution in [2.45, 2.75) is 38.2 Å². The Bertz CT molecular complexity index is 493. The molecule has 0 fully saturated rings. The molecule has 0 aromatic heterocycles. The molecule has 1 atom stereocenters. The van der Waals surface area contributed by atoms with Gasteiger partial charge in [0.05, 0.1) is 6.10 Å². The highest BCUT2D eigenvalue weighted by atomic mass is 32.2. The maximum absolute atomic E-state index is 13.6. The van der Waals surface area contributed by atoms with Crippen LogP contribution in [-0.4, -0.2) is 30.0 Å². The molecular formula is C15H23FN2O2S. The monoisotopic (exact) mass is 314 g/mol. The molecule has 118 valence electrons. The van der Waals surface area contributed by atoms with Crippen molar-refractivity contribution < 1.29 is 14.3 Å². The number of thioether (sulfide) groups is 1. The summed E-state index contributed by atoms with van der Waals surface area (Å²) in [5.41, 5.74) is 0.204. The molecule has 0 aliphatic rings. The zero-order valence-corrected chi connectivity index (χ0v) is 13.7. The summed E-state index contributed by atoms with van der Waals surface area (Å²) in [7, 11) is 0. The number of benzene rings is 1. The molecule has 1 aromatic rings. The molecule has 0 aliphatic heterocycles. The highest BCUT2D eigenvalue weighted by Gasteiger charge is 2.21. The molecule has 0 radical (unpaired) electrons. The Kier molecular flexibility index (Phi) is 6.48. The van der Waals surface area contributed by atoms with Crippen molar-refractivity contribution in [3.05, 3.63) is 24.0 Å². The van der Waals surface area contributed by atoms with Crippen LogP contribution < -0.4 is 10.6 Å². The lowest BCUT2D eigenvalue weighted by atomic mass is 9.87. The van der Waals surface area contributed by atoms with Crippen LogP contribution in [-0.2, 0) is 0 Å². The van der Waals surface area contributed by atoms with Gasteiger partial charge in [-0.1, -0.05) is 13.8 Å². The molecule has 1 rings (SSSR count). The fourth-order valence-electron chi connectivity index (χ4n) is 2.11. The van der Waals surface area contributed by atoms with E-state index in [2.05, 4.69) is 10.6 Å². The van der Waals surface area contributed by atoms with E-state index in [-0.39, 0.29) is 17.3 Å². The number of hydrogen-bond acceptors (Lipinski definition) is 3. The Morgan fingerprint density at radius 3 is 2.67 bits per heavy atom. The average molecular weight is 314 g/mol. The molecule has 4 nitrogen and oxygen atoms in total. The van der Waals surface area contributed by atoms with Crippen molar-refractivity contribution in [3.8, 4) is 0 Å². The quantitative estimate of drug-likeness (QED) is 0.705. The van der Waals surface area contributed by atoms with E-state index in [1.807, 2.05) is 13.8 Å². The Morgan fingerprint density at radius 2 is 2.14 bits per heavy atom. The number of aliphatic hydroxyl groups excluding tert-OH is 1. The largest absolute Gasteiger partial charge is 0.393 e. The summed E-state index contributed by atoms with van der Waals surface area (Å²) in [6, 6.07) is 4.21. The topological polar surface area (TPSA) is 61.4 Å². The van der Waals surface area contributed by atoms with Crippen LogP contribution in [0.15, 0.2) is 23.1 Å². The van der Waals surface area contributed by atoms with Gasteiger partial charge < -0.3 is 15.7 Å². The van der Waals surface area contributed by atoms with Gasteiger partial charge >= 0.3 is 6.03 Å². The van der Waals surface area contributed by atoms with Crippen LogP contribution in [0.4, 0.5) is 14.9 Å². The minimum atomic E-state index is -0.418. The minimum absolute atomic E-state index is 0.209. The van der Waals surface area contributed by atoms with Gasteiger partial charge in [0.1, 0.15) is 5.82 Å². The summed E-state index contributed by atoms with van der Waals surface area (Å²) in [6.45, 7) is 6.08. The molecule has 0 bridgehead atoms. The summed E-state index contributed by atoms with van der Waals surface area (Å²) >= 11 is 1.32. The third-order valence-electron chi connectivity index (χ3n) is 2.99. The molecule has 3 N–H and O–H groups in total. The predicted octanol–water partition coefficient (Wildman–Crippen LogP) is 3.47. The lowest BCUT2D eigenvalue weighted by Crippen LogP contribution is -2.38. The third kappa shape index (κ3) is 6.35. The zero-order chi connectivity index (χ0) is 16.0. The molecule has 0 unspecified atom stereocenters. The number of urea groups is 1. The number of anilines is 1. The number of hydrogen-bond donors (Lipinski definition) is 3. The van der Waals surface area contributed by atoms with Crippen LogP contribution >= 0.6 is 11.8 Å². The maximum atomic E-state index is 13.6. The van der Waals surface area contributed by atoms with Gasteiger partial charge in [-0.25, -0.2) is 9.18 Å². The second kappa shape index (κ2) is 7.66. The van der Waals surface area contributed by atoms with E-state index in [1.165, 1.54) is 17.8 Å². The number of aliphatic hydroxyl groups is 1. The molecule has 0 saturated heterocycles. The second-order valence-corrected chi connectivity index (χ2v) is 6.72. The van der Waals surface area contributed by atoms with Gasteiger partial charge in [-0.2, -0.15) is 0 Å². The number of halogens is 1. The zero-order valence-electron chi connectivity index (χ0n) is 12.9. The van der Waals surface area contributed by atoms with Gasteiger partial charge in [0.15, 0.2) is 0 Å². The molecule has 6 heteroatoms. The van der Waals surface area contributed by atoms with Crippen molar-refractivity contribution in [1.82, 2.24) is 5.32 Å². The van der Waals surface area contributed by atoms with Gasteiger partial charge in [-0.3, -0.25) is 0 Å². The molecule has 0 saturated carbocycles. The van der Waals surface area contributed by atoms with Crippen molar-refractivity contribution >= 4 is 23.5 Å². The summed E-state index contributed by atoms with van der Waals surface area (Å²) in [6.07, 6.45) is 1.96. The van der Waals surface area contributed by atoms with Crippen LogP contribution in [0, 0.1) is 11.2 Å². The van der Waals surface area contributed by atoms with Crippen molar-refractivity contribution in [1.29, 1.82) is 0 Å². The van der Waals surface area contributed by atoms with Crippen LogP contribution in [0.2, 0.25) is 0 Å². The molecular weight excluding hydrogens is 291 g/mol. The normalized spacial score (nSPS) is 12.9. The summed E-state index contributed by atoms with van der Waals surface area (Å²) in [4.78, 5) is 12.3. The lowest BCUT2D eigenvalue weighted by molar-refractivity contribution is 0.129. The minimum Gasteiger partial charge on any atom is -0.393 e. The molecule has 2 amide bonds. The molecule has 0 spiro atoms. The summed E-state index contributed by atoms with van der Waals surface area (Å²) in [5, 5.41) is 14.7. The van der Waals surface area contributed by atoms with E-state index in [9.17, 15) is 14.3 Å². The summed E-state index contributed by atoms with van der Waals surface area (Å²) in [5.74, 6) is -0.352. The van der Waals surface area contributed by atoms with Crippen LogP contribution in [0.5, 0.6) is 0 Å². The van der Waals surface area contributed by atoms with E-state index < -0.39 is 6.10 Å². The van der Waals surface area contributed by atoms with E-state index >= 15 is 0 Å². The van der Waals surface area contributed by atoms with E-state index in [0.29, 0.717) is 23.5 Å². The van der Waals surface area contributed by atoms with Crippen molar-refractivity contribution in [3.63, 3.8) is 0 Å². The summed E-state index contributed by atoms with van der Waals surface area (Å²) < 4.78 is 13.6. The van der Waals surface area contributed by atoms with E-state index in [4.69, 9.17) is 0 Å². The fourth-order valence-corrected chi connectivity index (χ4v) is 2.57. The predicted molar refractivity (Wildman–Crippen MR) is 85.3 cm³/mol. The maximum Gasteiger partial charge on any atom is 0.319 e. The smallest absolute Gasteiger partial charge is 0.319 e. The van der Waals surface area contributed by atoms with Gasteiger partial charge in [-0.15, -0.1) is 11.8 Å². The third-order valence-corrected chi connectivity index (χ3v) is 3.76. The van der Waals surface area contributed by atoms with Crippen LogP contribution in [0.3, 0.4) is 0 Å². The number of rotatable bonds is 6. The van der Waals surface area contributed by atoms with Gasteiger partial charge in [0.25, 0.3) is 0 Å². The van der Waals surface area contributed by atoms with Crippen LogP contribution in [0.25, 0.3) is 0 Å². The van der Waals surface area contributed by atoms with Gasteiger partial charge in [-0.05, 0) is 43.2 Å². The van der Waals surface area contributed by atoms with E-state index in [0.717, 1.165) is 0 Å². The van der Waals surface area contributed by atoms with E-state index in [1.54, 1.807) is 25.3 Å². The number of carbonyl (C=O) groups is 1. The highest BCUT2D eigenvalue weighted by molar-refractivity contribution is 7.98. The molecule has 0 heterocycles. The SMILES string of the molecule is CSc1ccc(NC(=O)NCC(C)(C)C[C@@H](C)O)cc1F. The molecule has 1 aromatic carbocycles. The first-order valence-electron chi connectivity index (χ1n) is 6.80. The number of nitrogens with one attached hydrogen (secondary N) is 2. The number of carbonyl (C=O) groups excluding carboxylic acids is 1. The first-order valence-corrected chi connectivity index (χ1v) is 8.02. The lowest BCUT2D eigenvalue weighted by Gasteiger charge is -2.26. The van der Waals surface area contributed by atoms with Crippen LogP contribution in [0.1, 0.15) is 27.2 Å². The van der Waals surface area contributed by atoms with Gasteiger partial charge in [0.2, 0.25) is 0 Å². The van der Waals surface area contributed by atoms with Crippen molar-refractivity contribution in [2.75, 3.05) is 18.1 Å². The van der Waals surface area contributed by atoms with Gasteiger partial charge in [0, 0.05) is 17.1 Å². The second-order valence-electron chi connectivity index (χ2n) is 5.87. The molecule has 0 aliphatic carbocycles. The van der Waals surface area contributed by atoms with Crippen molar-refractivity contribution in [2.24, 2.45) is 5.41 Å². The fraction of sp³-hybridized carbons (Fsp3) is 0.533. The Labute approximate surface area is 129 Å². The Balaban J connectivity index is 2.52. The average Bonchev–Trinajstić information content (AvgIpc) is 2.35. The Hall–Kier alpha value is -1.27. The number of amides is 2. The standard InChI is InChI=1S/C15H23FN2O2S/c1-10(19)8-15(2,3)9-17-14(20)18-11-5-6-13(21-4)12(16)7-11/h5-7,10,19H,8-9H2,1-4H3,(H2,17,18,20)/t10-/m1/s1. The Morgan fingerprint density at radius 1 is 1.48 bits per heavy atom. The molecule has 21 heavy (non-hydrogen) atoms. The first kappa shape index (κ1) is 17.8. The highest BCUT2D eigenvalue weighted by Crippen LogP contribution is 2.23. The first-order chi connectivity index (χ1) is 9.73.